The Hall–Kier alpha value is -2.92. The molecule has 6 heteroatoms. The van der Waals surface area contributed by atoms with Crippen molar-refractivity contribution < 1.29 is 14.3 Å². The summed E-state index contributed by atoms with van der Waals surface area (Å²) in [6, 6.07) is 14.8. The number of amides is 1. The van der Waals surface area contributed by atoms with E-state index in [9.17, 15) is 4.79 Å². The fraction of sp³-hybridized carbons (Fsp3) is 0.190. The van der Waals surface area contributed by atoms with Gasteiger partial charge in [-0.3, -0.25) is 4.79 Å². The standard InChI is InChI=1S/C21H21ClN2O3/c1-13-5-6-14(2)24(13)16-9-7-15(8-10-16)21(25)23-18-12-20(27-4)19(26-3)11-17(18)22/h5-12H,1-4H3,(H,23,25). The number of halogens is 1. The van der Waals surface area contributed by atoms with Gasteiger partial charge >= 0.3 is 0 Å². The van der Waals surface area contributed by atoms with E-state index in [2.05, 4.69) is 22.0 Å². The molecule has 0 saturated carbocycles. The van der Waals surface area contributed by atoms with Crippen LogP contribution in [0.3, 0.4) is 0 Å². The number of carbonyl (C=O) groups is 1. The Morgan fingerprint density at radius 2 is 1.48 bits per heavy atom. The minimum absolute atomic E-state index is 0.253. The summed E-state index contributed by atoms with van der Waals surface area (Å²) in [5, 5.41) is 3.19. The molecule has 0 aliphatic rings. The topological polar surface area (TPSA) is 52.5 Å². The molecule has 1 amide bonds. The number of aromatic nitrogens is 1. The molecule has 0 aliphatic heterocycles. The molecule has 1 heterocycles. The van der Waals surface area contributed by atoms with Gasteiger partial charge in [0.05, 0.1) is 24.9 Å². The van der Waals surface area contributed by atoms with Crippen LogP contribution in [0.4, 0.5) is 5.69 Å². The van der Waals surface area contributed by atoms with E-state index in [4.69, 9.17) is 21.1 Å². The quantitative estimate of drug-likeness (QED) is 0.672. The van der Waals surface area contributed by atoms with Crippen molar-refractivity contribution in [3.8, 4) is 17.2 Å². The van der Waals surface area contributed by atoms with E-state index in [0.29, 0.717) is 27.8 Å². The molecule has 0 fully saturated rings. The molecule has 5 nitrogen and oxygen atoms in total. The zero-order valence-electron chi connectivity index (χ0n) is 15.7. The molecule has 3 aromatic rings. The van der Waals surface area contributed by atoms with Crippen LogP contribution in [0, 0.1) is 13.8 Å². The second kappa shape index (κ2) is 7.76. The average molecular weight is 385 g/mol. The lowest BCUT2D eigenvalue weighted by atomic mass is 10.1. The van der Waals surface area contributed by atoms with E-state index in [1.165, 1.54) is 14.2 Å². The fourth-order valence-corrected chi connectivity index (χ4v) is 3.18. The number of nitrogens with zero attached hydrogens (tertiary/aromatic N) is 1. The molecule has 1 N–H and O–H groups in total. The highest BCUT2D eigenvalue weighted by Gasteiger charge is 2.14. The maximum Gasteiger partial charge on any atom is 0.255 e. The van der Waals surface area contributed by atoms with E-state index in [1.54, 1.807) is 24.3 Å². The predicted octanol–water partition coefficient (Wildman–Crippen LogP) is 5.02. The van der Waals surface area contributed by atoms with Gasteiger partial charge in [0.2, 0.25) is 0 Å². The number of carbonyl (C=O) groups excluding carboxylic acids is 1. The number of nitrogens with one attached hydrogen (secondary N) is 1. The maximum atomic E-state index is 12.6. The minimum Gasteiger partial charge on any atom is -0.493 e. The van der Waals surface area contributed by atoms with E-state index in [-0.39, 0.29) is 5.91 Å². The van der Waals surface area contributed by atoms with Gasteiger partial charge in [0.15, 0.2) is 11.5 Å². The summed E-state index contributed by atoms with van der Waals surface area (Å²) in [6.07, 6.45) is 0. The van der Waals surface area contributed by atoms with Gasteiger partial charge in [-0.25, -0.2) is 0 Å². The molecule has 1 aromatic heterocycles. The molecule has 27 heavy (non-hydrogen) atoms. The largest absolute Gasteiger partial charge is 0.493 e. The van der Waals surface area contributed by atoms with Crippen LogP contribution < -0.4 is 14.8 Å². The van der Waals surface area contributed by atoms with Crippen molar-refractivity contribution in [3.63, 3.8) is 0 Å². The monoisotopic (exact) mass is 384 g/mol. The van der Waals surface area contributed by atoms with Crippen molar-refractivity contribution >= 4 is 23.2 Å². The van der Waals surface area contributed by atoms with Crippen LogP contribution >= 0.6 is 11.6 Å². The summed E-state index contributed by atoms with van der Waals surface area (Å²) >= 11 is 6.24. The number of rotatable bonds is 5. The Morgan fingerprint density at radius 1 is 0.926 bits per heavy atom. The average Bonchev–Trinajstić information content (AvgIpc) is 3.01. The molecule has 0 bridgehead atoms. The van der Waals surface area contributed by atoms with Crippen molar-refractivity contribution in [3.05, 3.63) is 70.5 Å². The molecular formula is C21H21ClN2O3. The molecule has 0 aliphatic carbocycles. The zero-order chi connectivity index (χ0) is 19.6. The summed E-state index contributed by atoms with van der Waals surface area (Å²) in [5.74, 6) is 0.741. The van der Waals surface area contributed by atoms with Crippen LogP contribution in [0.1, 0.15) is 21.7 Å². The minimum atomic E-state index is -0.253. The molecule has 140 valence electrons. The lowest BCUT2D eigenvalue weighted by Crippen LogP contribution is -2.12. The second-order valence-corrected chi connectivity index (χ2v) is 6.55. The molecule has 0 radical (unpaired) electrons. The first kappa shape index (κ1) is 18.9. The lowest BCUT2D eigenvalue weighted by Gasteiger charge is -2.13. The van der Waals surface area contributed by atoms with Crippen LogP contribution in [-0.2, 0) is 0 Å². The number of hydrogen-bond acceptors (Lipinski definition) is 3. The third-order valence-electron chi connectivity index (χ3n) is 4.38. The second-order valence-electron chi connectivity index (χ2n) is 6.14. The van der Waals surface area contributed by atoms with Crippen molar-refractivity contribution in [2.24, 2.45) is 0 Å². The third kappa shape index (κ3) is 3.78. The first-order valence-electron chi connectivity index (χ1n) is 8.43. The van der Waals surface area contributed by atoms with Gasteiger partial charge in [-0.2, -0.15) is 0 Å². The smallest absolute Gasteiger partial charge is 0.255 e. The van der Waals surface area contributed by atoms with Crippen molar-refractivity contribution in [2.75, 3.05) is 19.5 Å². The summed E-state index contributed by atoms with van der Waals surface area (Å²) in [7, 11) is 3.06. The van der Waals surface area contributed by atoms with Crippen molar-refractivity contribution in [1.29, 1.82) is 0 Å². The number of aryl methyl sites for hydroxylation is 2. The van der Waals surface area contributed by atoms with Gasteiger partial charge < -0.3 is 19.4 Å². The summed E-state index contributed by atoms with van der Waals surface area (Å²) < 4.78 is 12.6. The number of methoxy groups -OCH3 is 2. The first-order chi connectivity index (χ1) is 12.9. The molecule has 2 aromatic carbocycles. The number of ether oxygens (including phenoxy) is 2. The highest BCUT2D eigenvalue weighted by Crippen LogP contribution is 2.36. The Morgan fingerprint density at radius 3 is 2.04 bits per heavy atom. The first-order valence-corrected chi connectivity index (χ1v) is 8.80. The molecule has 0 saturated heterocycles. The molecule has 0 spiro atoms. The molecule has 0 unspecified atom stereocenters. The highest BCUT2D eigenvalue weighted by atomic mass is 35.5. The Labute approximate surface area is 163 Å². The van der Waals surface area contributed by atoms with E-state index in [0.717, 1.165) is 17.1 Å². The number of anilines is 1. The summed E-state index contributed by atoms with van der Waals surface area (Å²) in [5.41, 5.74) is 4.28. The van der Waals surface area contributed by atoms with Crippen LogP contribution in [0.2, 0.25) is 5.02 Å². The lowest BCUT2D eigenvalue weighted by molar-refractivity contribution is 0.102. The third-order valence-corrected chi connectivity index (χ3v) is 4.69. The normalized spacial score (nSPS) is 10.6. The molecule has 0 atom stereocenters. The van der Waals surface area contributed by atoms with E-state index in [1.807, 2.05) is 26.0 Å². The van der Waals surface area contributed by atoms with Crippen LogP contribution in [-0.4, -0.2) is 24.7 Å². The zero-order valence-corrected chi connectivity index (χ0v) is 16.4. The van der Waals surface area contributed by atoms with Gasteiger partial charge in [-0.1, -0.05) is 11.6 Å². The Bertz CT molecular complexity index is 958. The van der Waals surface area contributed by atoms with Crippen LogP contribution in [0.15, 0.2) is 48.5 Å². The van der Waals surface area contributed by atoms with Crippen LogP contribution in [0.25, 0.3) is 5.69 Å². The Kier molecular flexibility index (Phi) is 5.42. The van der Waals surface area contributed by atoms with Gasteiger partial charge in [-0.15, -0.1) is 0 Å². The Balaban J connectivity index is 1.83. The molecular weight excluding hydrogens is 364 g/mol. The fourth-order valence-electron chi connectivity index (χ4n) is 2.98. The predicted molar refractivity (Wildman–Crippen MR) is 108 cm³/mol. The SMILES string of the molecule is COc1cc(Cl)c(NC(=O)c2ccc(-n3c(C)ccc3C)cc2)cc1OC. The maximum absolute atomic E-state index is 12.6. The number of hydrogen-bond donors (Lipinski definition) is 1. The van der Waals surface area contributed by atoms with E-state index < -0.39 is 0 Å². The van der Waals surface area contributed by atoms with Gasteiger partial charge in [0.25, 0.3) is 5.91 Å². The van der Waals surface area contributed by atoms with Gasteiger partial charge in [0, 0.05) is 34.8 Å². The summed E-state index contributed by atoms with van der Waals surface area (Å²) in [4.78, 5) is 12.6. The van der Waals surface area contributed by atoms with Gasteiger partial charge in [0.1, 0.15) is 0 Å². The van der Waals surface area contributed by atoms with Crippen molar-refractivity contribution in [1.82, 2.24) is 4.57 Å². The highest BCUT2D eigenvalue weighted by molar-refractivity contribution is 6.34. The summed E-state index contributed by atoms with van der Waals surface area (Å²) in [6.45, 7) is 4.10. The van der Waals surface area contributed by atoms with Gasteiger partial charge in [-0.05, 0) is 50.2 Å². The van der Waals surface area contributed by atoms with E-state index >= 15 is 0 Å². The van der Waals surface area contributed by atoms with Crippen molar-refractivity contribution in [2.45, 2.75) is 13.8 Å². The molecule has 3 rings (SSSR count). The number of benzene rings is 2. The van der Waals surface area contributed by atoms with Crippen LogP contribution in [0.5, 0.6) is 11.5 Å².